The Kier molecular flexibility index (Phi) is 6.98. The lowest BCUT2D eigenvalue weighted by Crippen LogP contribution is -2.24. The Morgan fingerprint density at radius 3 is 2.46 bits per heavy atom. The van der Waals surface area contributed by atoms with Crippen LogP contribution in [0.15, 0.2) is 41.6 Å². The lowest BCUT2D eigenvalue weighted by molar-refractivity contribution is 0.290. The van der Waals surface area contributed by atoms with E-state index in [1.54, 1.807) is 42.9 Å². The van der Waals surface area contributed by atoms with Gasteiger partial charge in [-0.1, -0.05) is 13.8 Å². The van der Waals surface area contributed by atoms with Crippen LogP contribution in [0.3, 0.4) is 0 Å². The van der Waals surface area contributed by atoms with Crippen molar-refractivity contribution in [3.8, 4) is 11.4 Å². The predicted molar refractivity (Wildman–Crippen MR) is 104 cm³/mol. The highest BCUT2D eigenvalue weighted by atomic mass is 19.1. The second-order valence-electron chi connectivity index (χ2n) is 5.95. The summed E-state index contributed by atoms with van der Waals surface area (Å²) in [6.07, 6.45) is 4.23. The fraction of sp³-hybridized carbons (Fsp3) is 0.286. The molecule has 0 N–H and O–H groups in total. The van der Waals surface area contributed by atoms with Crippen molar-refractivity contribution >= 4 is 0 Å². The second kappa shape index (κ2) is 9.21. The lowest BCUT2D eigenvalue weighted by atomic mass is 10.2. The normalized spacial score (nSPS) is 10.2. The number of halogens is 2. The molecule has 3 aromatic rings. The van der Waals surface area contributed by atoms with E-state index in [9.17, 15) is 13.6 Å². The van der Waals surface area contributed by atoms with Gasteiger partial charge in [-0.25, -0.2) is 8.78 Å². The average molecular weight is 387 g/mol. The van der Waals surface area contributed by atoms with Gasteiger partial charge in [0.25, 0.3) is 5.56 Å². The Balaban J connectivity index is 0.00000136. The van der Waals surface area contributed by atoms with E-state index in [0.29, 0.717) is 17.0 Å². The molecule has 5 nitrogen and oxygen atoms in total. The molecule has 0 bridgehead atoms. The summed E-state index contributed by atoms with van der Waals surface area (Å²) in [6, 6.07) is 4.22. The summed E-state index contributed by atoms with van der Waals surface area (Å²) in [4.78, 5) is 20.5. The summed E-state index contributed by atoms with van der Waals surface area (Å²) in [7, 11) is 0. The zero-order chi connectivity index (χ0) is 20.8. The molecule has 3 rings (SSSR count). The molecule has 0 saturated heterocycles. The highest BCUT2D eigenvalue weighted by molar-refractivity contribution is 5.43. The van der Waals surface area contributed by atoms with Crippen LogP contribution in [-0.4, -0.2) is 14.5 Å². The molecule has 0 aliphatic carbocycles. The highest BCUT2D eigenvalue weighted by Gasteiger charge is 2.14. The van der Waals surface area contributed by atoms with Crippen LogP contribution < -0.4 is 10.3 Å². The van der Waals surface area contributed by atoms with Crippen molar-refractivity contribution in [2.24, 2.45) is 0 Å². The minimum absolute atomic E-state index is 0.0300. The summed E-state index contributed by atoms with van der Waals surface area (Å²) in [5.74, 6) is -1.21. The Morgan fingerprint density at radius 1 is 1.11 bits per heavy atom. The van der Waals surface area contributed by atoms with Crippen molar-refractivity contribution in [2.45, 2.75) is 41.2 Å². The summed E-state index contributed by atoms with van der Waals surface area (Å²) in [5.41, 5.74) is 2.39. The van der Waals surface area contributed by atoms with E-state index in [4.69, 9.17) is 4.74 Å². The zero-order valence-electron chi connectivity index (χ0n) is 16.6. The molecule has 0 aliphatic rings. The summed E-state index contributed by atoms with van der Waals surface area (Å²) < 4.78 is 33.8. The van der Waals surface area contributed by atoms with Crippen molar-refractivity contribution in [1.82, 2.24) is 14.5 Å². The minimum atomic E-state index is -0.792. The summed E-state index contributed by atoms with van der Waals surface area (Å²) in [6.45, 7) is 9.09. The van der Waals surface area contributed by atoms with E-state index in [1.807, 2.05) is 20.8 Å². The third-order valence-electron chi connectivity index (χ3n) is 4.07. The molecule has 0 atom stereocenters. The number of ether oxygens (including phenoxy) is 1. The second-order valence-corrected chi connectivity index (χ2v) is 5.95. The van der Waals surface area contributed by atoms with Gasteiger partial charge in [-0.3, -0.25) is 19.3 Å². The number of hydrogen-bond acceptors (Lipinski definition) is 4. The SMILES string of the molecule is CC.Cc1cnccc1-n1c(C)cc(OCc2ncc(F)cc2F)c(C)c1=O. The van der Waals surface area contributed by atoms with Crippen molar-refractivity contribution in [2.75, 3.05) is 0 Å². The molecule has 0 amide bonds. The maximum Gasteiger partial charge on any atom is 0.261 e. The van der Waals surface area contributed by atoms with Gasteiger partial charge in [-0.15, -0.1) is 0 Å². The molecule has 0 saturated carbocycles. The lowest BCUT2D eigenvalue weighted by Gasteiger charge is -2.16. The van der Waals surface area contributed by atoms with Gasteiger partial charge in [-0.05, 0) is 32.4 Å². The molecule has 0 unspecified atom stereocenters. The first-order valence-electron chi connectivity index (χ1n) is 8.95. The smallest absolute Gasteiger partial charge is 0.261 e. The number of rotatable bonds is 4. The van der Waals surface area contributed by atoms with Crippen LogP contribution in [0, 0.1) is 32.4 Å². The molecule has 0 spiro atoms. The monoisotopic (exact) mass is 387 g/mol. The molecule has 148 valence electrons. The standard InChI is InChI=1S/C19H17F2N3O2.C2H6/c1-11-8-22-5-4-17(11)24-12(2)6-18(13(3)19(24)25)26-10-16-15(21)7-14(20)9-23-16;1-2/h4-9H,10H2,1-3H3;1-2H3. The Hall–Kier alpha value is -3.09. The molecular formula is C21H23F2N3O2. The Morgan fingerprint density at radius 2 is 1.82 bits per heavy atom. The van der Waals surface area contributed by atoms with Crippen LogP contribution in [0.4, 0.5) is 8.78 Å². The van der Waals surface area contributed by atoms with Gasteiger partial charge in [0.1, 0.15) is 23.9 Å². The number of pyridine rings is 3. The van der Waals surface area contributed by atoms with E-state index in [-0.39, 0.29) is 17.9 Å². The molecule has 0 radical (unpaired) electrons. The van der Waals surface area contributed by atoms with Gasteiger partial charge >= 0.3 is 0 Å². The maximum absolute atomic E-state index is 13.7. The molecule has 3 aromatic heterocycles. The van der Waals surface area contributed by atoms with Gasteiger partial charge in [-0.2, -0.15) is 0 Å². The Bertz CT molecular complexity index is 1030. The van der Waals surface area contributed by atoms with E-state index < -0.39 is 11.6 Å². The fourth-order valence-corrected chi connectivity index (χ4v) is 2.66. The first kappa shape index (κ1) is 21.2. The van der Waals surface area contributed by atoms with E-state index in [2.05, 4.69) is 9.97 Å². The van der Waals surface area contributed by atoms with Crippen molar-refractivity contribution in [1.29, 1.82) is 0 Å². The molecule has 28 heavy (non-hydrogen) atoms. The van der Waals surface area contributed by atoms with Crippen LogP contribution in [0.2, 0.25) is 0 Å². The topological polar surface area (TPSA) is 57.0 Å². The van der Waals surface area contributed by atoms with E-state index >= 15 is 0 Å². The van der Waals surface area contributed by atoms with Crippen molar-refractivity contribution in [3.63, 3.8) is 0 Å². The zero-order valence-corrected chi connectivity index (χ0v) is 16.6. The maximum atomic E-state index is 13.7. The Labute approximate surface area is 162 Å². The molecular weight excluding hydrogens is 364 g/mol. The van der Waals surface area contributed by atoms with E-state index in [0.717, 1.165) is 23.5 Å². The minimum Gasteiger partial charge on any atom is -0.487 e. The molecule has 0 aromatic carbocycles. The molecule has 0 aliphatic heterocycles. The largest absolute Gasteiger partial charge is 0.487 e. The highest BCUT2D eigenvalue weighted by Crippen LogP contribution is 2.21. The number of aromatic nitrogens is 3. The number of aryl methyl sites for hydroxylation is 2. The summed E-state index contributed by atoms with van der Waals surface area (Å²) in [5, 5.41) is 0. The van der Waals surface area contributed by atoms with Crippen LogP contribution in [0.5, 0.6) is 5.75 Å². The van der Waals surface area contributed by atoms with Gasteiger partial charge in [0.2, 0.25) is 0 Å². The van der Waals surface area contributed by atoms with Gasteiger partial charge in [0.15, 0.2) is 5.82 Å². The van der Waals surface area contributed by atoms with Crippen LogP contribution >= 0.6 is 0 Å². The van der Waals surface area contributed by atoms with Crippen LogP contribution in [0.1, 0.15) is 36.4 Å². The molecule has 0 fully saturated rings. The van der Waals surface area contributed by atoms with Crippen molar-refractivity contribution in [3.05, 3.63) is 81.3 Å². The number of nitrogens with zero attached hydrogens (tertiary/aromatic N) is 3. The van der Waals surface area contributed by atoms with Crippen LogP contribution in [-0.2, 0) is 6.61 Å². The average Bonchev–Trinajstić information content (AvgIpc) is 2.68. The fourth-order valence-electron chi connectivity index (χ4n) is 2.66. The molecule has 3 heterocycles. The van der Waals surface area contributed by atoms with Crippen LogP contribution in [0.25, 0.3) is 5.69 Å². The number of hydrogen-bond donors (Lipinski definition) is 0. The van der Waals surface area contributed by atoms with Gasteiger partial charge < -0.3 is 4.74 Å². The van der Waals surface area contributed by atoms with Gasteiger partial charge in [0.05, 0.1) is 17.4 Å². The first-order valence-corrected chi connectivity index (χ1v) is 8.95. The third kappa shape index (κ3) is 4.42. The van der Waals surface area contributed by atoms with Gasteiger partial charge in [0, 0.05) is 30.2 Å². The third-order valence-corrected chi connectivity index (χ3v) is 4.07. The molecule has 7 heteroatoms. The van der Waals surface area contributed by atoms with E-state index in [1.165, 1.54) is 0 Å². The quantitative estimate of drug-likeness (QED) is 0.664. The summed E-state index contributed by atoms with van der Waals surface area (Å²) >= 11 is 0. The van der Waals surface area contributed by atoms with Crippen molar-refractivity contribution < 1.29 is 13.5 Å². The predicted octanol–water partition coefficient (Wildman–Crippen LogP) is 4.44. The first-order chi connectivity index (χ1) is 13.4.